The Labute approximate surface area is 124 Å². The predicted molar refractivity (Wildman–Crippen MR) is 79.0 cm³/mol. The van der Waals surface area contributed by atoms with Crippen LogP contribution in [-0.2, 0) is 0 Å². The van der Waals surface area contributed by atoms with Crippen molar-refractivity contribution in [2.45, 2.75) is 0 Å². The fourth-order valence-corrected chi connectivity index (χ4v) is 2.36. The lowest BCUT2D eigenvalue weighted by atomic mass is 10.2. The Bertz CT molecular complexity index is 895. The third-order valence-electron chi connectivity index (χ3n) is 3.16. The van der Waals surface area contributed by atoms with Gasteiger partial charge in [-0.3, -0.25) is 4.79 Å². The van der Waals surface area contributed by atoms with Crippen molar-refractivity contribution in [1.82, 2.24) is 9.97 Å². The van der Waals surface area contributed by atoms with Crippen molar-refractivity contribution < 1.29 is 9.53 Å². The number of ether oxygens (including phenoxy) is 1. The number of fused-ring (bicyclic) bond motifs is 3. The van der Waals surface area contributed by atoms with Crippen LogP contribution in [-0.4, -0.2) is 15.9 Å². The van der Waals surface area contributed by atoms with E-state index < -0.39 is 0 Å². The summed E-state index contributed by atoms with van der Waals surface area (Å²) in [5.74, 6) is 0.644. The summed E-state index contributed by atoms with van der Waals surface area (Å²) in [5, 5.41) is 3.16. The molecule has 102 valence electrons. The minimum absolute atomic E-state index is 0.267. The first-order valence-corrected chi connectivity index (χ1v) is 6.64. The number of hydrogen-bond donors (Lipinski definition) is 1. The second-order valence-electron chi connectivity index (χ2n) is 4.56. The van der Waals surface area contributed by atoms with E-state index in [9.17, 15) is 4.79 Å². The van der Waals surface area contributed by atoms with Gasteiger partial charge in [-0.25, -0.2) is 9.97 Å². The van der Waals surface area contributed by atoms with Crippen LogP contribution in [0, 0.1) is 0 Å². The van der Waals surface area contributed by atoms with E-state index in [2.05, 4.69) is 15.3 Å². The van der Waals surface area contributed by atoms with Gasteiger partial charge in [0.1, 0.15) is 5.75 Å². The molecular formula is C15H8ClN3O2. The molecule has 1 aliphatic rings. The van der Waals surface area contributed by atoms with Crippen molar-refractivity contribution in [2.75, 3.05) is 5.32 Å². The van der Waals surface area contributed by atoms with Crippen LogP contribution in [0.2, 0.25) is 5.02 Å². The molecule has 1 aliphatic heterocycles. The second kappa shape index (κ2) is 4.43. The van der Waals surface area contributed by atoms with Crippen molar-refractivity contribution in [2.24, 2.45) is 0 Å². The number of carbonyl (C=O) groups is 1. The Morgan fingerprint density at radius 1 is 1.05 bits per heavy atom. The van der Waals surface area contributed by atoms with Gasteiger partial charge in [0.2, 0.25) is 0 Å². The summed E-state index contributed by atoms with van der Waals surface area (Å²) in [7, 11) is 0. The van der Waals surface area contributed by atoms with Gasteiger partial charge in [0, 0.05) is 5.02 Å². The quantitative estimate of drug-likeness (QED) is 0.688. The van der Waals surface area contributed by atoms with E-state index in [1.54, 1.807) is 18.2 Å². The number of halogens is 1. The van der Waals surface area contributed by atoms with Crippen molar-refractivity contribution in [1.29, 1.82) is 0 Å². The number of anilines is 1. The van der Waals surface area contributed by atoms with E-state index >= 15 is 0 Å². The van der Waals surface area contributed by atoms with E-state index in [0.717, 1.165) is 0 Å². The average molecular weight is 298 g/mol. The zero-order chi connectivity index (χ0) is 14.4. The first kappa shape index (κ1) is 12.1. The van der Waals surface area contributed by atoms with Crippen LogP contribution in [0.3, 0.4) is 0 Å². The minimum Gasteiger partial charge on any atom is -0.435 e. The van der Waals surface area contributed by atoms with Crippen LogP contribution < -0.4 is 10.1 Å². The van der Waals surface area contributed by atoms with Gasteiger partial charge in [0.15, 0.2) is 5.82 Å². The van der Waals surface area contributed by atoms with Crippen LogP contribution in [0.25, 0.3) is 11.0 Å². The standard InChI is InChI=1S/C15H8ClN3O2/c16-8-5-6-12-9(7-8)14(20)19-13-15(21-12)18-11-4-2-1-3-10(11)17-13/h1-7H,(H,17,19,20). The summed E-state index contributed by atoms with van der Waals surface area (Å²) >= 11 is 5.93. The molecule has 0 aliphatic carbocycles. The van der Waals surface area contributed by atoms with E-state index in [4.69, 9.17) is 16.3 Å². The molecular weight excluding hydrogens is 290 g/mol. The Morgan fingerprint density at radius 2 is 1.81 bits per heavy atom. The van der Waals surface area contributed by atoms with Gasteiger partial charge >= 0.3 is 0 Å². The van der Waals surface area contributed by atoms with Gasteiger partial charge in [-0.05, 0) is 30.3 Å². The van der Waals surface area contributed by atoms with Gasteiger partial charge in [-0.2, -0.15) is 0 Å². The molecule has 5 nitrogen and oxygen atoms in total. The predicted octanol–water partition coefficient (Wildman–Crippen LogP) is 3.64. The Balaban J connectivity index is 1.93. The highest BCUT2D eigenvalue weighted by atomic mass is 35.5. The summed E-state index contributed by atoms with van der Waals surface area (Å²) < 4.78 is 5.72. The third-order valence-corrected chi connectivity index (χ3v) is 3.40. The minimum atomic E-state index is -0.323. The molecule has 2 heterocycles. The summed E-state index contributed by atoms with van der Waals surface area (Å²) in [6, 6.07) is 12.2. The molecule has 21 heavy (non-hydrogen) atoms. The van der Waals surface area contributed by atoms with Crippen LogP contribution in [0.5, 0.6) is 11.6 Å². The number of hydrogen-bond acceptors (Lipinski definition) is 4. The molecule has 1 amide bonds. The van der Waals surface area contributed by atoms with Crippen LogP contribution >= 0.6 is 11.6 Å². The highest BCUT2D eigenvalue weighted by molar-refractivity contribution is 6.31. The summed E-state index contributed by atoms with van der Waals surface area (Å²) in [5.41, 5.74) is 1.73. The molecule has 3 aromatic rings. The molecule has 0 spiro atoms. The molecule has 2 aromatic carbocycles. The maximum absolute atomic E-state index is 12.2. The van der Waals surface area contributed by atoms with E-state index in [1.165, 1.54) is 0 Å². The average Bonchev–Trinajstić information content (AvgIpc) is 2.61. The Hall–Kier alpha value is -2.66. The second-order valence-corrected chi connectivity index (χ2v) is 5.00. The first-order valence-electron chi connectivity index (χ1n) is 6.26. The van der Waals surface area contributed by atoms with E-state index in [-0.39, 0.29) is 11.8 Å². The molecule has 0 fully saturated rings. The van der Waals surface area contributed by atoms with Gasteiger partial charge in [0.05, 0.1) is 16.6 Å². The number of benzene rings is 2. The number of amides is 1. The molecule has 0 bridgehead atoms. The zero-order valence-corrected chi connectivity index (χ0v) is 11.4. The normalized spacial score (nSPS) is 12.9. The third kappa shape index (κ3) is 1.98. The fourth-order valence-electron chi connectivity index (χ4n) is 2.18. The van der Waals surface area contributed by atoms with Gasteiger partial charge in [-0.1, -0.05) is 23.7 Å². The molecule has 4 rings (SSSR count). The maximum atomic E-state index is 12.2. The van der Waals surface area contributed by atoms with Crippen molar-refractivity contribution in [3.63, 3.8) is 0 Å². The summed E-state index contributed by atoms with van der Waals surface area (Å²) in [6.07, 6.45) is 0. The number of para-hydroxylation sites is 2. The molecule has 0 unspecified atom stereocenters. The van der Waals surface area contributed by atoms with E-state index in [0.29, 0.717) is 33.2 Å². The summed E-state index contributed by atoms with van der Waals surface area (Å²) in [4.78, 5) is 21.0. The van der Waals surface area contributed by atoms with Crippen LogP contribution in [0.4, 0.5) is 5.82 Å². The van der Waals surface area contributed by atoms with Gasteiger partial charge in [-0.15, -0.1) is 0 Å². The molecule has 0 radical (unpaired) electrons. The number of rotatable bonds is 0. The molecule has 1 N–H and O–H groups in total. The number of nitrogens with one attached hydrogen (secondary N) is 1. The first-order chi connectivity index (χ1) is 10.2. The van der Waals surface area contributed by atoms with Crippen molar-refractivity contribution >= 4 is 34.4 Å². The number of nitrogens with zero attached hydrogens (tertiary/aromatic N) is 2. The lowest BCUT2D eigenvalue weighted by Crippen LogP contribution is -2.11. The maximum Gasteiger partial charge on any atom is 0.264 e. The SMILES string of the molecule is O=C1Nc2nc3ccccc3nc2Oc2ccc(Cl)cc21. The highest BCUT2D eigenvalue weighted by Gasteiger charge is 2.23. The topological polar surface area (TPSA) is 64.1 Å². The van der Waals surface area contributed by atoms with Gasteiger partial charge < -0.3 is 10.1 Å². The van der Waals surface area contributed by atoms with Crippen LogP contribution in [0.1, 0.15) is 10.4 Å². The van der Waals surface area contributed by atoms with Crippen molar-refractivity contribution in [3.05, 3.63) is 53.1 Å². The Morgan fingerprint density at radius 3 is 2.62 bits per heavy atom. The molecule has 1 aromatic heterocycles. The molecule has 0 saturated heterocycles. The fraction of sp³-hybridized carbons (Fsp3) is 0. The number of carbonyl (C=O) groups excluding carboxylic acids is 1. The monoisotopic (exact) mass is 297 g/mol. The van der Waals surface area contributed by atoms with Crippen molar-refractivity contribution in [3.8, 4) is 11.6 Å². The Kier molecular flexibility index (Phi) is 2.55. The van der Waals surface area contributed by atoms with Crippen LogP contribution in [0.15, 0.2) is 42.5 Å². The lowest BCUT2D eigenvalue weighted by Gasteiger charge is -2.07. The number of aromatic nitrogens is 2. The lowest BCUT2D eigenvalue weighted by molar-refractivity contribution is 0.102. The van der Waals surface area contributed by atoms with E-state index in [1.807, 2.05) is 24.3 Å². The molecule has 6 heteroatoms. The summed E-state index contributed by atoms with van der Waals surface area (Å²) in [6.45, 7) is 0. The molecule has 0 atom stereocenters. The van der Waals surface area contributed by atoms with Gasteiger partial charge in [0.25, 0.3) is 11.8 Å². The highest BCUT2D eigenvalue weighted by Crippen LogP contribution is 2.35. The zero-order valence-electron chi connectivity index (χ0n) is 10.6. The largest absolute Gasteiger partial charge is 0.435 e. The smallest absolute Gasteiger partial charge is 0.264 e. The molecule has 0 saturated carbocycles.